The Labute approximate surface area is 197 Å². The van der Waals surface area contributed by atoms with Crippen LogP contribution in [-0.4, -0.2) is 53.1 Å². The fraction of sp³-hybridized carbons (Fsp3) is 0.182. The molecule has 0 bridgehead atoms. The van der Waals surface area contributed by atoms with E-state index in [0.29, 0.717) is 46.5 Å². The van der Waals surface area contributed by atoms with E-state index >= 15 is 0 Å². The third kappa shape index (κ3) is 4.59. The number of rotatable bonds is 8. The van der Waals surface area contributed by atoms with E-state index < -0.39 is 0 Å². The Morgan fingerprint density at radius 2 is 1.91 bits per heavy atom. The molecule has 0 atom stereocenters. The van der Waals surface area contributed by atoms with E-state index in [9.17, 15) is 4.79 Å². The van der Waals surface area contributed by atoms with Gasteiger partial charge in [0.15, 0.2) is 11.5 Å². The van der Waals surface area contributed by atoms with Gasteiger partial charge in [-0.2, -0.15) is 4.52 Å². The maximum Gasteiger partial charge on any atom is 0.252 e. The van der Waals surface area contributed by atoms with Gasteiger partial charge in [-0.05, 0) is 59.0 Å². The number of aromatic nitrogens is 4. The number of benzene rings is 2. The highest BCUT2D eigenvalue weighted by Crippen LogP contribution is 2.32. The van der Waals surface area contributed by atoms with Crippen molar-refractivity contribution in [3.8, 4) is 28.8 Å². The Morgan fingerprint density at radius 1 is 1.06 bits per heavy atom. The van der Waals surface area contributed by atoms with Gasteiger partial charge < -0.3 is 19.5 Å². The molecular weight excluding hydrogens is 525 g/mol. The average Bonchev–Trinajstić information content (AvgIpc) is 3.24. The molecule has 0 unspecified atom stereocenters. The number of ether oxygens (including phenoxy) is 3. The Kier molecular flexibility index (Phi) is 6.69. The number of amides is 1. The van der Waals surface area contributed by atoms with Gasteiger partial charge in [-0.3, -0.25) is 4.79 Å². The molecule has 0 aliphatic heterocycles. The minimum absolute atomic E-state index is 0.145. The van der Waals surface area contributed by atoms with Crippen LogP contribution in [0.1, 0.15) is 10.4 Å². The number of fused-ring (bicyclic) bond motifs is 1. The molecule has 2 aromatic carbocycles. The third-order valence-corrected chi connectivity index (χ3v) is 5.58. The summed E-state index contributed by atoms with van der Waals surface area (Å²) in [7, 11) is 3.18. The number of carbonyl (C=O) groups excluding carboxylic acids is 1. The van der Waals surface area contributed by atoms with Gasteiger partial charge in [-0.15, -0.1) is 15.3 Å². The van der Waals surface area contributed by atoms with Gasteiger partial charge in [-0.1, -0.05) is 12.1 Å². The first-order valence-electron chi connectivity index (χ1n) is 9.71. The number of nitrogens with zero attached hydrogens (tertiary/aromatic N) is 4. The molecule has 2 aromatic heterocycles. The highest BCUT2D eigenvalue weighted by Gasteiger charge is 2.16. The molecule has 32 heavy (non-hydrogen) atoms. The molecule has 164 valence electrons. The lowest BCUT2D eigenvalue weighted by Gasteiger charge is -2.10. The van der Waals surface area contributed by atoms with E-state index in [1.807, 2.05) is 24.3 Å². The summed E-state index contributed by atoms with van der Waals surface area (Å²) in [5, 5.41) is 15.8. The summed E-state index contributed by atoms with van der Waals surface area (Å²) in [6, 6.07) is 16.3. The van der Waals surface area contributed by atoms with Crippen LogP contribution < -0.4 is 19.5 Å². The molecule has 4 rings (SSSR count). The molecule has 0 saturated heterocycles. The van der Waals surface area contributed by atoms with Gasteiger partial charge in [0.2, 0.25) is 5.88 Å². The van der Waals surface area contributed by atoms with Crippen LogP contribution in [0.4, 0.5) is 0 Å². The van der Waals surface area contributed by atoms with E-state index in [2.05, 4.69) is 43.2 Å². The summed E-state index contributed by atoms with van der Waals surface area (Å²) in [4.78, 5) is 12.3. The summed E-state index contributed by atoms with van der Waals surface area (Å²) in [6.45, 7) is 0.593. The normalized spacial score (nSPS) is 10.7. The highest BCUT2D eigenvalue weighted by atomic mass is 127. The van der Waals surface area contributed by atoms with E-state index in [-0.39, 0.29) is 12.5 Å². The first kappa shape index (κ1) is 21.8. The van der Waals surface area contributed by atoms with Gasteiger partial charge >= 0.3 is 0 Å². The number of hydrogen-bond acceptors (Lipinski definition) is 7. The molecule has 9 nitrogen and oxygen atoms in total. The highest BCUT2D eigenvalue weighted by molar-refractivity contribution is 14.1. The van der Waals surface area contributed by atoms with Crippen LogP contribution in [0.3, 0.4) is 0 Å². The molecule has 0 spiro atoms. The Balaban J connectivity index is 1.48. The number of nitrogens with one attached hydrogen (secondary N) is 1. The van der Waals surface area contributed by atoms with Crippen LogP contribution in [0.25, 0.3) is 17.0 Å². The van der Waals surface area contributed by atoms with Crippen LogP contribution in [0, 0.1) is 3.57 Å². The summed E-state index contributed by atoms with van der Waals surface area (Å²) < 4.78 is 19.0. The van der Waals surface area contributed by atoms with E-state index in [4.69, 9.17) is 14.2 Å². The van der Waals surface area contributed by atoms with Crippen molar-refractivity contribution in [3.05, 3.63) is 63.7 Å². The van der Waals surface area contributed by atoms with E-state index in [0.717, 1.165) is 3.57 Å². The third-order valence-electron chi connectivity index (χ3n) is 4.64. The van der Waals surface area contributed by atoms with Crippen molar-refractivity contribution in [1.82, 2.24) is 25.1 Å². The summed E-state index contributed by atoms with van der Waals surface area (Å²) in [5.74, 6) is 2.01. The van der Waals surface area contributed by atoms with Gasteiger partial charge in [-0.25, -0.2) is 0 Å². The Morgan fingerprint density at radius 3 is 2.69 bits per heavy atom. The van der Waals surface area contributed by atoms with Gasteiger partial charge in [0.25, 0.3) is 5.91 Å². The predicted molar refractivity (Wildman–Crippen MR) is 126 cm³/mol. The first-order chi connectivity index (χ1) is 15.6. The molecule has 1 N–H and O–H groups in total. The molecule has 4 aromatic rings. The van der Waals surface area contributed by atoms with Crippen molar-refractivity contribution in [2.45, 2.75) is 0 Å². The maximum atomic E-state index is 12.3. The lowest BCUT2D eigenvalue weighted by Crippen LogP contribution is -2.28. The largest absolute Gasteiger partial charge is 0.497 e. The fourth-order valence-corrected chi connectivity index (χ4v) is 3.70. The lowest BCUT2D eigenvalue weighted by atomic mass is 10.2. The monoisotopic (exact) mass is 545 g/mol. The quantitative estimate of drug-likeness (QED) is 0.268. The molecule has 10 heteroatoms. The van der Waals surface area contributed by atoms with Crippen LogP contribution in [0.2, 0.25) is 0 Å². The van der Waals surface area contributed by atoms with Crippen LogP contribution in [-0.2, 0) is 0 Å². The summed E-state index contributed by atoms with van der Waals surface area (Å²) in [5.41, 5.74) is 1.88. The van der Waals surface area contributed by atoms with Crippen LogP contribution in [0.5, 0.6) is 17.4 Å². The standard InChI is InChI=1S/C22H20IN5O4/c1-30-14-7-8-18(31-2)16(13-14)21-26-25-19-9-10-20(27-28(19)21)32-12-11-24-22(29)15-5-3-4-6-17(15)23/h3-10,13H,11-12H2,1-2H3,(H,24,29). The van der Waals surface area contributed by atoms with Crippen molar-refractivity contribution in [2.75, 3.05) is 27.4 Å². The Bertz CT molecular complexity index is 1260. The Hall–Kier alpha value is -3.41. The van der Waals surface area contributed by atoms with Crippen molar-refractivity contribution in [1.29, 1.82) is 0 Å². The summed E-state index contributed by atoms with van der Waals surface area (Å²) in [6.07, 6.45) is 0. The average molecular weight is 545 g/mol. The molecule has 1 amide bonds. The molecule has 0 aliphatic carbocycles. The van der Waals surface area contributed by atoms with Gasteiger partial charge in [0.1, 0.15) is 18.1 Å². The molecule has 0 aliphatic rings. The van der Waals surface area contributed by atoms with Crippen molar-refractivity contribution < 1.29 is 19.0 Å². The van der Waals surface area contributed by atoms with Crippen molar-refractivity contribution in [2.24, 2.45) is 0 Å². The first-order valence-corrected chi connectivity index (χ1v) is 10.8. The van der Waals surface area contributed by atoms with Crippen molar-refractivity contribution in [3.63, 3.8) is 0 Å². The zero-order valence-electron chi connectivity index (χ0n) is 17.4. The molecule has 0 fully saturated rings. The topological polar surface area (TPSA) is 99.9 Å². The summed E-state index contributed by atoms with van der Waals surface area (Å²) >= 11 is 2.14. The number of hydrogen-bond donors (Lipinski definition) is 1. The second-order valence-electron chi connectivity index (χ2n) is 6.62. The lowest BCUT2D eigenvalue weighted by molar-refractivity contribution is 0.0945. The predicted octanol–water partition coefficient (Wildman–Crippen LogP) is 3.22. The zero-order valence-corrected chi connectivity index (χ0v) is 19.6. The molecule has 0 radical (unpaired) electrons. The second-order valence-corrected chi connectivity index (χ2v) is 7.78. The van der Waals surface area contributed by atoms with Gasteiger partial charge in [0.05, 0.1) is 31.9 Å². The smallest absolute Gasteiger partial charge is 0.252 e. The van der Waals surface area contributed by atoms with Crippen LogP contribution >= 0.6 is 22.6 Å². The minimum atomic E-state index is -0.145. The fourth-order valence-electron chi connectivity index (χ4n) is 3.07. The molecular formula is C22H20IN5O4. The molecule has 0 saturated carbocycles. The minimum Gasteiger partial charge on any atom is -0.497 e. The van der Waals surface area contributed by atoms with E-state index in [1.165, 1.54) is 0 Å². The molecule has 2 heterocycles. The number of halogens is 1. The maximum absolute atomic E-state index is 12.3. The number of carbonyl (C=O) groups is 1. The van der Waals surface area contributed by atoms with Crippen molar-refractivity contribution >= 4 is 34.1 Å². The SMILES string of the molecule is COc1ccc(OC)c(-c2nnc3ccc(OCCNC(=O)c4ccccc4I)nn23)c1. The van der Waals surface area contributed by atoms with E-state index in [1.54, 1.807) is 49.1 Å². The number of methoxy groups -OCH3 is 2. The van der Waals surface area contributed by atoms with Crippen LogP contribution in [0.15, 0.2) is 54.6 Å². The van der Waals surface area contributed by atoms with Gasteiger partial charge in [0, 0.05) is 9.64 Å². The second kappa shape index (κ2) is 9.81. The zero-order chi connectivity index (χ0) is 22.5.